The van der Waals surface area contributed by atoms with Crippen molar-refractivity contribution >= 4 is 23.4 Å². The lowest BCUT2D eigenvalue weighted by molar-refractivity contribution is -0.116. The molecule has 0 fully saturated rings. The molecule has 84 valence electrons. The third kappa shape index (κ3) is 4.37. The van der Waals surface area contributed by atoms with Crippen molar-refractivity contribution in [3.63, 3.8) is 0 Å². The normalized spacial score (nSPS) is 9.88. The molecule has 1 amide bonds. The lowest BCUT2D eigenvalue weighted by atomic mass is 10.1. The smallest absolute Gasteiger partial charge is 0.224 e. The maximum Gasteiger partial charge on any atom is 0.224 e. The van der Waals surface area contributed by atoms with E-state index < -0.39 is 0 Å². The first-order valence-corrected chi connectivity index (χ1v) is 5.89. The molecule has 16 heavy (non-hydrogen) atoms. The molecule has 0 atom stereocenters. The molecule has 0 aliphatic carbocycles. The van der Waals surface area contributed by atoms with Gasteiger partial charge in [0.1, 0.15) is 5.40 Å². The Labute approximate surface area is 99.8 Å². The lowest BCUT2D eigenvalue weighted by Crippen LogP contribution is -2.13. The molecule has 0 bridgehead atoms. The van der Waals surface area contributed by atoms with Gasteiger partial charge in [0.15, 0.2) is 0 Å². The average molecular weight is 234 g/mol. The van der Waals surface area contributed by atoms with Gasteiger partial charge in [-0.25, -0.2) is 0 Å². The van der Waals surface area contributed by atoms with Crippen molar-refractivity contribution in [2.24, 2.45) is 5.92 Å². The molecule has 0 saturated heterocycles. The highest BCUT2D eigenvalue weighted by Crippen LogP contribution is 2.19. The molecular weight excluding hydrogens is 220 g/mol. The number of thioether (sulfide) groups is 1. The van der Waals surface area contributed by atoms with E-state index in [0.717, 1.165) is 22.3 Å². The van der Waals surface area contributed by atoms with E-state index in [2.05, 4.69) is 5.32 Å². The van der Waals surface area contributed by atoms with Gasteiger partial charge in [-0.3, -0.25) is 4.79 Å². The molecule has 1 N–H and O–H groups in total. The number of benzene rings is 1. The van der Waals surface area contributed by atoms with E-state index in [1.54, 1.807) is 12.1 Å². The molecule has 0 saturated carbocycles. The van der Waals surface area contributed by atoms with E-state index in [0.29, 0.717) is 12.3 Å². The zero-order chi connectivity index (χ0) is 12.0. The van der Waals surface area contributed by atoms with Crippen molar-refractivity contribution < 1.29 is 4.79 Å². The number of nitrogens with one attached hydrogen (secondary N) is 1. The molecule has 0 spiro atoms. The minimum atomic E-state index is 0.0238. The monoisotopic (exact) mass is 234 g/mol. The number of carbonyl (C=O) groups excluding carboxylic acids is 1. The number of nitrogens with zero attached hydrogens (tertiary/aromatic N) is 1. The van der Waals surface area contributed by atoms with Crippen LogP contribution >= 0.6 is 11.8 Å². The van der Waals surface area contributed by atoms with Crippen LogP contribution in [0.15, 0.2) is 29.2 Å². The molecule has 0 aliphatic heterocycles. The van der Waals surface area contributed by atoms with Gasteiger partial charge in [0.2, 0.25) is 5.91 Å². The fourth-order valence-electron chi connectivity index (χ4n) is 1.24. The van der Waals surface area contributed by atoms with E-state index in [9.17, 15) is 4.79 Å². The minimum Gasteiger partial charge on any atom is -0.326 e. The van der Waals surface area contributed by atoms with Crippen LogP contribution in [-0.4, -0.2) is 5.91 Å². The molecule has 0 unspecified atom stereocenters. The number of rotatable bonds is 4. The van der Waals surface area contributed by atoms with Gasteiger partial charge in [-0.2, -0.15) is 5.26 Å². The van der Waals surface area contributed by atoms with Crippen molar-refractivity contribution in [2.75, 3.05) is 5.32 Å². The van der Waals surface area contributed by atoms with Crippen molar-refractivity contribution in [3.8, 4) is 5.40 Å². The fraction of sp³-hybridized carbons (Fsp3) is 0.333. The van der Waals surface area contributed by atoms with Crippen LogP contribution in [0.1, 0.15) is 20.3 Å². The maximum atomic E-state index is 11.5. The first-order chi connectivity index (χ1) is 7.61. The molecule has 1 aromatic rings. The third-order valence-electron chi connectivity index (χ3n) is 1.90. The standard InChI is InChI=1S/C12H14N2OS/c1-9(2)7-12(15)14-10-3-5-11(6-4-10)16-8-13/h3-6,9H,7H2,1-2H3,(H,14,15). The van der Waals surface area contributed by atoms with E-state index in [4.69, 9.17) is 5.26 Å². The van der Waals surface area contributed by atoms with Gasteiger partial charge in [-0.05, 0) is 41.9 Å². The molecule has 4 heteroatoms. The lowest BCUT2D eigenvalue weighted by Gasteiger charge is -2.07. The summed E-state index contributed by atoms with van der Waals surface area (Å²) in [5, 5.41) is 13.3. The zero-order valence-corrected chi connectivity index (χ0v) is 10.2. The van der Waals surface area contributed by atoms with Gasteiger partial charge >= 0.3 is 0 Å². The number of hydrogen-bond acceptors (Lipinski definition) is 3. The summed E-state index contributed by atoms with van der Waals surface area (Å²) in [6.45, 7) is 4.01. The van der Waals surface area contributed by atoms with Crippen LogP contribution in [0.3, 0.4) is 0 Å². The Morgan fingerprint density at radius 1 is 1.44 bits per heavy atom. The Bertz CT molecular complexity index is 392. The number of anilines is 1. The zero-order valence-electron chi connectivity index (χ0n) is 9.36. The largest absolute Gasteiger partial charge is 0.326 e. The summed E-state index contributed by atoms with van der Waals surface area (Å²) < 4.78 is 0. The summed E-state index contributed by atoms with van der Waals surface area (Å²) in [5.74, 6) is 0.379. The minimum absolute atomic E-state index is 0.0238. The summed E-state index contributed by atoms with van der Waals surface area (Å²) in [6.07, 6.45) is 0.523. The van der Waals surface area contributed by atoms with Crippen molar-refractivity contribution in [1.29, 1.82) is 5.26 Å². The van der Waals surface area contributed by atoms with Crippen LogP contribution in [0.4, 0.5) is 5.69 Å². The molecule has 1 rings (SSSR count). The second-order valence-electron chi connectivity index (χ2n) is 3.86. The summed E-state index contributed by atoms with van der Waals surface area (Å²) in [4.78, 5) is 12.3. The van der Waals surface area contributed by atoms with Crippen LogP contribution in [0.5, 0.6) is 0 Å². The van der Waals surface area contributed by atoms with Crippen molar-refractivity contribution in [1.82, 2.24) is 0 Å². The third-order valence-corrected chi connectivity index (χ3v) is 2.49. The van der Waals surface area contributed by atoms with E-state index in [1.807, 2.05) is 31.4 Å². The highest BCUT2D eigenvalue weighted by atomic mass is 32.2. The number of nitriles is 1. The Hall–Kier alpha value is -1.47. The first-order valence-electron chi connectivity index (χ1n) is 5.07. The van der Waals surface area contributed by atoms with Gasteiger partial charge in [0, 0.05) is 17.0 Å². The average Bonchev–Trinajstić information content (AvgIpc) is 2.20. The molecule has 0 radical (unpaired) electrons. The van der Waals surface area contributed by atoms with Crippen LogP contribution in [0.2, 0.25) is 0 Å². The van der Waals surface area contributed by atoms with Gasteiger partial charge in [0.25, 0.3) is 0 Å². The molecule has 0 aromatic heterocycles. The number of carbonyl (C=O) groups is 1. The van der Waals surface area contributed by atoms with Crippen LogP contribution in [-0.2, 0) is 4.79 Å². The topological polar surface area (TPSA) is 52.9 Å². The molecule has 0 aliphatic rings. The quantitative estimate of drug-likeness (QED) is 0.642. The molecule has 3 nitrogen and oxygen atoms in total. The number of thiocyanates is 1. The molecule has 0 heterocycles. The van der Waals surface area contributed by atoms with Gasteiger partial charge in [-0.1, -0.05) is 13.8 Å². The van der Waals surface area contributed by atoms with E-state index in [-0.39, 0.29) is 5.91 Å². The summed E-state index contributed by atoms with van der Waals surface area (Å²) in [5.41, 5.74) is 0.771. The summed E-state index contributed by atoms with van der Waals surface area (Å²) in [6, 6.07) is 7.24. The van der Waals surface area contributed by atoms with Gasteiger partial charge in [-0.15, -0.1) is 0 Å². The fourth-order valence-corrected chi connectivity index (χ4v) is 1.62. The van der Waals surface area contributed by atoms with Crippen LogP contribution in [0, 0.1) is 16.6 Å². The second-order valence-corrected chi connectivity index (χ2v) is 4.72. The molecule has 1 aromatic carbocycles. The summed E-state index contributed by atoms with van der Waals surface area (Å²) in [7, 11) is 0. The highest BCUT2D eigenvalue weighted by Gasteiger charge is 2.04. The SMILES string of the molecule is CC(C)CC(=O)Nc1ccc(SC#N)cc1. The number of amides is 1. The van der Waals surface area contributed by atoms with Crippen molar-refractivity contribution in [3.05, 3.63) is 24.3 Å². The predicted molar refractivity (Wildman–Crippen MR) is 66.0 cm³/mol. The van der Waals surface area contributed by atoms with E-state index in [1.165, 1.54) is 0 Å². The Morgan fingerprint density at radius 2 is 2.06 bits per heavy atom. The Morgan fingerprint density at radius 3 is 2.56 bits per heavy atom. The second kappa shape index (κ2) is 6.19. The van der Waals surface area contributed by atoms with Gasteiger partial charge in [0.05, 0.1) is 0 Å². The summed E-state index contributed by atoms with van der Waals surface area (Å²) >= 11 is 1.11. The highest BCUT2D eigenvalue weighted by molar-refractivity contribution is 8.03. The first kappa shape index (κ1) is 12.6. The molecular formula is C12H14N2OS. The Kier molecular flexibility index (Phi) is 4.87. The van der Waals surface area contributed by atoms with Crippen LogP contribution in [0.25, 0.3) is 0 Å². The van der Waals surface area contributed by atoms with Crippen molar-refractivity contribution in [2.45, 2.75) is 25.2 Å². The van der Waals surface area contributed by atoms with Gasteiger partial charge < -0.3 is 5.32 Å². The Balaban J connectivity index is 2.55. The van der Waals surface area contributed by atoms with E-state index >= 15 is 0 Å². The number of hydrogen-bond donors (Lipinski definition) is 1. The van der Waals surface area contributed by atoms with Crippen LogP contribution < -0.4 is 5.32 Å². The predicted octanol–water partition coefficient (Wildman–Crippen LogP) is 3.24. The maximum absolute atomic E-state index is 11.5.